The summed E-state index contributed by atoms with van der Waals surface area (Å²) in [7, 11) is 2.02. The van der Waals surface area contributed by atoms with Crippen molar-refractivity contribution in [2.75, 3.05) is 18.9 Å². The summed E-state index contributed by atoms with van der Waals surface area (Å²) in [5.41, 5.74) is 3.05. The summed E-state index contributed by atoms with van der Waals surface area (Å²) < 4.78 is 2.11. The molecule has 8 heteroatoms. The van der Waals surface area contributed by atoms with E-state index in [0.717, 1.165) is 35.6 Å². The van der Waals surface area contributed by atoms with Crippen molar-refractivity contribution >= 4 is 17.4 Å². The molecule has 1 atom stereocenters. The lowest BCUT2D eigenvalue weighted by Gasteiger charge is -2.22. The number of amides is 1. The van der Waals surface area contributed by atoms with Gasteiger partial charge in [-0.05, 0) is 49.6 Å². The van der Waals surface area contributed by atoms with Crippen molar-refractivity contribution < 1.29 is 4.79 Å². The highest BCUT2D eigenvalue weighted by Crippen LogP contribution is 2.37. The maximum atomic E-state index is 12.9. The summed E-state index contributed by atoms with van der Waals surface area (Å²) in [5, 5.41) is 11.3. The van der Waals surface area contributed by atoms with Gasteiger partial charge in [-0.15, -0.1) is 10.2 Å². The van der Waals surface area contributed by atoms with Crippen molar-refractivity contribution in [2.24, 2.45) is 4.99 Å². The Balaban J connectivity index is 1.35. The van der Waals surface area contributed by atoms with Gasteiger partial charge in [0.1, 0.15) is 12.0 Å². The van der Waals surface area contributed by atoms with Crippen LogP contribution in [0.3, 0.4) is 0 Å². The SMILES string of the molecule is CC1=NCC(c2ccnc(C(=O)Nc3cccc(-c4nncn4C4CC4)c3)c2)N1C. The van der Waals surface area contributed by atoms with Gasteiger partial charge in [0.05, 0.1) is 18.4 Å². The molecule has 0 saturated heterocycles. The Morgan fingerprint density at radius 3 is 2.83 bits per heavy atom. The van der Waals surface area contributed by atoms with E-state index < -0.39 is 0 Å². The van der Waals surface area contributed by atoms with Crippen LogP contribution in [0.4, 0.5) is 5.69 Å². The van der Waals surface area contributed by atoms with E-state index >= 15 is 0 Å². The second-order valence-electron chi connectivity index (χ2n) is 7.82. The molecule has 1 unspecified atom stereocenters. The normalized spacial score (nSPS) is 18.4. The lowest BCUT2D eigenvalue weighted by Crippen LogP contribution is -2.25. The van der Waals surface area contributed by atoms with Crippen LogP contribution in [-0.4, -0.2) is 50.0 Å². The molecule has 8 nitrogen and oxygen atoms in total. The zero-order chi connectivity index (χ0) is 20.7. The largest absolute Gasteiger partial charge is 0.355 e. The number of hydrogen-bond acceptors (Lipinski definition) is 6. The Labute approximate surface area is 174 Å². The molecule has 0 spiro atoms. The summed E-state index contributed by atoms with van der Waals surface area (Å²) in [6, 6.07) is 12.1. The van der Waals surface area contributed by atoms with Crippen LogP contribution in [0, 0.1) is 0 Å². The molecule has 1 aromatic carbocycles. The molecule has 2 aromatic heterocycles. The van der Waals surface area contributed by atoms with E-state index in [1.54, 1.807) is 12.5 Å². The quantitative estimate of drug-likeness (QED) is 0.708. The van der Waals surface area contributed by atoms with Crippen LogP contribution in [0.2, 0.25) is 0 Å². The van der Waals surface area contributed by atoms with Crippen LogP contribution < -0.4 is 5.32 Å². The Morgan fingerprint density at radius 2 is 2.07 bits per heavy atom. The number of hydrogen-bond donors (Lipinski definition) is 1. The third-order valence-electron chi connectivity index (χ3n) is 5.76. The first kappa shape index (κ1) is 18.5. The highest BCUT2D eigenvalue weighted by Gasteiger charge is 2.27. The minimum atomic E-state index is -0.240. The summed E-state index contributed by atoms with van der Waals surface area (Å²) in [5.74, 6) is 1.59. The molecule has 1 amide bonds. The van der Waals surface area contributed by atoms with Crippen molar-refractivity contribution in [2.45, 2.75) is 31.8 Å². The molecule has 152 valence electrons. The molecule has 1 saturated carbocycles. The maximum Gasteiger partial charge on any atom is 0.274 e. The Bertz CT molecular complexity index is 1130. The number of carbonyl (C=O) groups is 1. The number of benzene rings is 1. The third kappa shape index (κ3) is 3.45. The maximum absolute atomic E-state index is 12.9. The molecule has 1 aliphatic heterocycles. The topological polar surface area (TPSA) is 88.3 Å². The third-order valence-corrected chi connectivity index (χ3v) is 5.76. The number of nitrogens with zero attached hydrogens (tertiary/aromatic N) is 6. The minimum absolute atomic E-state index is 0.136. The molecular formula is C22H23N7O. The van der Waals surface area contributed by atoms with Gasteiger partial charge >= 0.3 is 0 Å². The first-order valence-corrected chi connectivity index (χ1v) is 10.1. The fraction of sp³-hybridized carbons (Fsp3) is 0.318. The molecule has 2 aliphatic rings. The molecular weight excluding hydrogens is 378 g/mol. The van der Waals surface area contributed by atoms with Gasteiger partial charge in [-0.3, -0.25) is 14.8 Å². The monoisotopic (exact) mass is 401 g/mol. The van der Waals surface area contributed by atoms with Gasteiger partial charge in [0, 0.05) is 30.5 Å². The number of anilines is 1. The van der Waals surface area contributed by atoms with Crippen LogP contribution in [0.5, 0.6) is 0 Å². The molecule has 3 heterocycles. The fourth-order valence-electron chi connectivity index (χ4n) is 3.79. The zero-order valence-corrected chi connectivity index (χ0v) is 17.0. The second-order valence-corrected chi connectivity index (χ2v) is 7.82. The van der Waals surface area contributed by atoms with E-state index in [0.29, 0.717) is 24.0 Å². The van der Waals surface area contributed by atoms with E-state index in [2.05, 4.69) is 35.0 Å². The van der Waals surface area contributed by atoms with Gasteiger partial charge in [0.15, 0.2) is 5.82 Å². The van der Waals surface area contributed by atoms with Crippen LogP contribution in [-0.2, 0) is 0 Å². The number of rotatable bonds is 5. The number of aromatic nitrogens is 4. The molecule has 1 N–H and O–H groups in total. The van der Waals surface area contributed by atoms with E-state index in [-0.39, 0.29) is 11.9 Å². The first-order valence-electron chi connectivity index (χ1n) is 10.1. The van der Waals surface area contributed by atoms with Crippen LogP contribution in [0.25, 0.3) is 11.4 Å². The van der Waals surface area contributed by atoms with E-state index in [1.165, 1.54) is 0 Å². The molecule has 1 fully saturated rings. The highest BCUT2D eigenvalue weighted by molar-refractivity contribution is 6.03. The van der Waals surface area contributed by atoms with Gasteiger partial charge in [0.25, 0.3) is 5.91 Å². The van der Waals surface area contributed by atoms with Gasteiger partial charge in [-0.2, -0.15) is 0 Å². The number of carbonyl (C=O) groups excluding carboxylic acids is 1. The van der Waals surface area contributed by atoms with E-state index in [9.17, 15) is 4.79 Å². The summed E-state index contributed by atoms with van der Waals surface area (Å²) in [6.45, 7) is 2.68. The fourth-order valence-corrected chi connectivity index (χ4v) is 3.79. The van der Waals surface area contributed by atoms with Crippen LogP contribution in [0.15, 0.2) is 53.9 Å². The number of aliphatic imine (C=N–C) groups is 1. The molecule has 30 heavy (non-hydrogen) atoms. The lowest BCUT2D eigenvalue weighted by atomic mass is 10.1. The van der Waals surface area contributed by atoms with Gasteiger partial charge in [-0.1, -0.05) is 12.1 Å². The average Bonchev–Trinajstić information content (AvgIpc) is 3.39. The molecule has 5 rings (SSSR count). The van der Waals surface area contributed by atoms with Gasteiger partial charge in [-0.25, -0.2) is 0 Å². The Kier molecular flexibility index (Phi) is 4.54. The predicted octanol–water partition coefficient (Wildman–Crippen LogP) is 3.33. The predicted molar refractivity (Wildman–Crippen MR) is 114 cm³/mol. The Hall–Kier alpha value is -3.55. The standard InChI is InChI=1S/C22H23N7O/c1-14-24-12-20(28(14)2)15-8-9-23-19(11-15)22(30)26-17-5-3-4-16(10-17)21-27-25-13-29(21)18-6-7-18/h3-5,8-11,13,18,20H,6-7,12H2,1-2H3,(H,26,30). The van der Waals surface area contributed by atoms with Crippen LogP contribution >= 0.6 is 0 Å². The molecule has 0 bridgehead atoms. The summed E-state index contributed by atoms with van der Waals surface area (Å²) in [6.07, 6.45) is 5.77. The van der Waals surface area contributed by atoms with E-state index in [4.69, 9.17) is 0 Å². The summed E-state index contributed by atoms with van der Waals surface area (Å²) in [4.78, 5) is 23.7. The smallest absolute Gasteiger partial charge is 0.274 e. The number of likely N-dealkylation sites (N-methyl/N-ethyl adjacent to an activating group) is 1. The van der Waals surface area contributed by atoms with Crippen molar-refractivity contribution in [1.82, 2.24) is 24.6 Å². The van der Waals surface area contributed by atoms with E-state index in [1.807, 2.05) is 50.4 Å². The summed E-state index contributed by atoms with van der Waals surface area (Å²) >= 11 is 0. The van der Waals surface area contributed by atoms with Gasteiger partial charge < -0.3 is 14.8 Å². The van der Waals surface area contributed by atoms with Crippen molar-refractivity contribution in [3.8, 4) is 11.4 Å². The first-order chi connectivity index (χ1) is 14.6. The number of pyridine rings is 1. The Morgan fingerprint density at radius 1 is 1.20 bits per heavy atom. The lowest BCUT2D eigenvalue weighted by molar-refractivity contribution is 0.102. The minimum Gasteiger partial charge on any atom is -0.355 e. The van der Waals surface area contributed by atoms with Crippen LogP contribution in [0.1, 0.15) is 47.9 Å². The highest BCUT2D eigenvalue weighted by atomic mass is 16.1. The second kappa shape index (κ2) is 7.37. The van der Waals surface area contributed by atoms with Crippen molar-refractivity contribution in [3.63, 3.8) is 0 Å². The molecule has 0 radical (unpaired) electrons. The number of nitrogens with one attached hydrogen (secondary N) is 1. The van der Waals surface area contributed by atoms with Crippen molar-refractivity contribution in [3.05, 3.63) is 60.2 Å². The van der Waals surface area contributed by atoms with Gasteiger partial charge in [0.2, 0.25) is 0 Å². The average molecular weight is 401 g/mol. The van der Waals surface area contributed by atoms with Crippen molar-refractivity contribution in [1.29, 1.82) is 0 Å². The molecule has 3 aromatic rings. The zero-order valence-electron chi connectivity index (χ0n) is 17.0. The number of amidine groups is 1. The molecule has 1 aliphatic carbocycles.